The number of hydrogen-bond donors (Lipinski definition) is 1. The monoisotopic (exact) mass is 262 g/mol. The molecule has 2 aromatic rings. The molecule has 0 saturated carbocycles. The van der Waals surface area contributed by atoms with E-state index in [-0.39, 0.29) is 11.4 Å². The summed E-state index contributed by atoms with van der Waals surface area (Å²) in [5.41, 5.74) is 1.19. The molecule has 1 aromatic heterocycles. The quantitative estimate of drug-likeness (QED) is 0.840. The van der Waals surface area contributed by atoms with Crippen LogP contribution in [0.15, 0.2) is 35.1 Å². The number of benzene rings is 1. The van der Waals surface area contributed by atoms with Crippen LogP contribution in [0.2, 0.25) is 0 Å². The van der Waals surface area contributed by atoms with E-state index in [2.05, 4.69) is 9.97 Å². The van der Waals surface area contributed by atoms with Crippen molar-refractivity contribution >= 4 is 0 Å². The summed E-state index contributed by atoms with van der Waals surface area (Å²) in [6.45, 7) is 0.625. The lowest BCUT2D eigenvalue weighted by Gasteiger charge is -2.04. The molecule has 2 rings (SSSR count). The first-order valence-corrected chi connectivity index (χ1v) is 6.04. The Hall–Kier alpha value is -2.01. The Morgan fingerprint density at radius 1 is 1.32 bits per heavy atom. The summed E-state index contributed by atoms with van der Waals surface area (Å²) >= 11 is 0. The van der Waals surface area contributed by atoms with Crippen LogP contribution in [0.5, 0.6) is 0 Å². The molecular weight excluding hydrogens is 247 g/mol. The van der Waals surface area contributed by atoms with Gasteiger partial charge in [-0.15, -0.1) is 0 Å². The minimum atomic E-state index is -0.317. The highest BCUT2D eigenvalue weighted by Crippen LogP contribution is 2.14. The van der Waals surface area contributed by atoms with Crippen LogP contribution in [0, 0.1) is 5.82 Å². The maximum atomic E-state index is 12.9. The van der Waals surface area contributed by atoms with Gasteiger partial charge in [0.25, 0.3) is 5.56 Å². The fraction of sp³-hybridized carbons (Fsp3) is 0.286. The van der Waals surface area contributed by atoms with E-state index in [1.54, 1.807) is 19.2 Å². The van der Waals surface area contributed by atoms with Crippen LogP contribution >= 0.6 is 0 Å². The first-order valence-electron chi connectivity index (χ1n) is 6.04. The average molecular weight is 262 g/mol. The van der Waals surface area contributed by atoms with Crippen molar-refractivity contribution < 1.29 is 9.13 Å². The van der Waals surface area contributed by atoms with Crippen LogP contribution in [0.3, 0.4) is 0 Å². The number of rotatable bonds is 5. The smallest absolute Gasteiger partial charge is 0.251 e. The van der Waals surface area contributed by atoms with Gasteiger partial charge in [0.2, 0.25) is 0 Å². The van der Waals surface area contributed by atoms with Gasteiger partial charge in [0.05, 0.1) is 0 Å². The second-order valence-electron chi connectivity index (χ2n) is 4.19. The SMILES string of the molecule is COCCCc1cc(=O)[nH]c(-c2ccc(F)cc2)n1. The van der Waals surface area contributed by atoms with Gasteiger partial charge in [-0.2, -0.15) is 0 Å². The van der Waals surface area contributed by atoms with Crippen LogP contribution in [0.1, 0.15) is 12.1 Å². The Labute approximate surface area is 110 Å². The number of aromatic amines is 1. The van der Waals surface area contributed by atoms with Gasteiger partial charge in [0.15, 0.2) is 0 Å². The molecule has 0 amide bonds. The summed E-state index contributed by atoms with van der Waals surface area (Å²) in [5.74, 6) is 0.141. The zero-order chi connectivity index (χ0) is 13.7. The molecule has 0 saturated heterocycles. The van der Waals surface area contributed by atoms with Crippen molar-refractivity contribution in [3.63, 3.8) is 0 Å². The van der Waals surface area contributed by atoms with Gasteiger partial charge in [-0.25, -0.2) is 9.37 Å². The molecule has 1 aromatic carbocycles. The summed E-state index contributed by atoms with van der Waals surface area (Å²) < 4.78 is 17.8. The van der Waals surface area contributed by atoms with Crippen molar-refractivity contribution in [1.82, 2.24) is 9.97 Å². The second kappa shape index (κ2) is 6.24. The van der Waals surface area contributed by atoms with E-state index in [0.717, 1.165) is 6.42 Å². The van der Waals surface area contributed by atoms with E-state index in [9.17, 15) is 9.18 Å². The van der Waals surface area contributed by atoms with Crippen molar-refractivity contribution in [3.05, 3.63) is 52.2 Å². The standard InChI is InChI=1S/C14H15FN2O2/c1-19-8-2-3-12-9-13(18)17-14(16-12)10-4-6-11(15)7-5-10/h4-7,9H,2-3,8H2,1H3,(H,16,17,18). The molecule has 0 aliphatic rings. The first kappa shape index (κ1) is 13.4. The Balaban J connectivity index is 2.25. The highest BCUT2D eigenvalue weighted by molar-refractivity contribution is 5.54. The molecule has 4 nitrogen and oxygen atoms in total. The molecule has 0 bridgehead atoms. The number of halogens is 1. The zero-order valence-electron chi connectivity index (χ0n) is 10.6. The number of aryl methyl sites for hydroxylation is 1. The van der Waals surface area contributed by atoms with E-state index in [0.29, 0.717) is 30.1 Å². The number of H-pyrrole nitrogens is 1. The number of hydrogen-bond acceptors (Lipinski definition) is 3. The average Bonchev–Trinajstić information content (AvgIpc) is 2.39. The van der Waals surface area contributed by atoms with E-state index >= 15 is 0 Å². The Bertz CT molecular complexity index is 593. The summed E-state index contributed by atoms with van der Waals surface area (Å²) in [4.78, 5) is 18.6. The predicted molar refractivity (Wildman–Crippen MR) is 70.4 cm³/mol. The molecule has 5 heteroatoms. The maximum Gasteiger partial charge on any atom is 0.251 e. The van der Waals surface area contributed by atoms with Crippen molar-refractivity contribution in [2.75, 3.05) is 13.7 Å². The second-order valence-corrected chi connectivity index (χ2v) is 4.19. The lowest BCUT2D eigenvalue weighted by molar-refractivity contribution is 0.195. The minimum absolute atomic E-state index is 0.207. The largest absolute Gasteiger partial charge is 0.385 e. The van der Waals surface area contributed by atoms with Gasteiger partial charge in [0.1, 0.15) is 11.6 Å². The predicted octanol–water partition coefficient (Wildman–Crippen LogP) is 2.16. The first-order chi connectivity index (χ1) is 9.19. The lowest BCUT2D eigenvalue weighted by Crippen LogP contribution is -2.11. The van der Waals surface area contributed by atoms with Crippen molar-refractivity contribution in [2.45, 2.75) is 12.8 Å². The summed E-state index contributed by atoms with van der Waals surface area (Å²) in [6, 6.07) is 7.33. The molecule has 1 heterocycles. The third-order valence-electron chi connectivity index (χ3n) is 2.69. The number of nitrogens with zero attached hydrogens (tertiary/aromatic N) is 1. The van der Waals surface area contributed by atoms with Crippen molar-refractivity contribution in [2.24, 2.45) is 0 Å². The highest BCUT2D eigenvalue weighted by atomic mass is 19.1. The number of aromatic nitrogens is 2. The topological polar surface area (TPSA) is 55.0 Å². The van der Waals surface area contributed by atoms with Crippen LogP contribution in [0.4, 0.5) is 4.39 Å². The van der Waals surface area contributed by atoms with Crippen molar-refractivity contribution in [1.29, 1.82) is 0 Å². The zero-order valence-corrected chi connectivity index (χ0v) is 10.6. The molecule has 100 valence electrons. The molecule has 0 aliphatic heterocycles. The molecular formula is C14H15FN2O2. The molecule has 0 unspecified atom stereocenters. The molecule has 0 aliphatic carbocycles. The third-order valence-corrected chi connectivity index (χ3v) is 2.69. The van der Waals surface area contributed by atoms with Gasteiger partial charge < -0.3 is 9.72 Å². The van der Waals surface area contributed by atoms with E-state index in [1.165, 1.54) is 18.2 Å². The van der Waals surface area contributed by atoms with Crippen LogP contribution in [-0.4, -0.2) is 23.7 Å². The molecule has 0 fully saturated rings. The van der Waals surface area contributed by atoms with Gasteiger partial charge in [-0.05, 0) is 37.1 Å². The van der Waals surface area contributed by atoms with E-state index < -0.39 is 0 Å². The van der Waals surface area contributed by atoms with Gasteiger partial charge >= 0.3 is 0 Å². The fourth-order valence-corrected chi connectivity index (χ4v) is 1.78. The van der Waals surface area contributed by atoms with Crippen LogP contribution < -0.4 is 5.56 Å². The summed E-state index contributed by atoms with van der Waals surface area (Å²) in [7, 11) is 1.63. The van der Waals surface area contributed by atoms with Gasteiger partial charge in [-0.3, -0.25) is 4.79 Å². The van der Waals surface area contributed by atoms with Crippen LogP contribution in [0.25, 0.3) is 11.4 Å². The maximum absolute atomic E-state index is 12.9. The molecule has 1 N–H and O–H groups in total. The van der Waals surface area contributed by atoms with Gasteiger partial charge in [-0.1, -0.05) is 0 Å². The molecule has 19 heavy (non-hydrogen) atoms. The molecule has 0 atom stereocenters. The van der Waals surface area contributed by atoms with Crippen molar-refractivity contribution in [3.8, 4) is 11.4 Å². The summed E-state index contributed by atoms with van der Waals surface area (Å²) in [6.07, 6.45) is 1.47. The van der Waals surface area contributed by atoms with Crippen LogP contribution in [-0.2, 0) is 11.2 Å². The minimum Gasteiger partial charge on any atom is -0.385 e. The number of methoxy groups -OCH3 is 1. The van der Waals surface area contributed by atoms with E-state index in [4.69, 9.17) is 4.74 Å². The summed E-state index contributed by atoms with van der Waals surface area (Å²) in [5, 5.41) is 0. The van der Waals surface area contributed by atoms with E-state index in [1.807, 2.05) is 0 Å². The molecule has 0 spiro atoms. The fourth-order valence-electron chi connectivity index (χ4n) is 1.78. The van der Waals surface area contributed by atoms with Gasteiger partial charge in [0, 0.05) is 31.0 Å². The third kappa shape index (κ3) is 3.72. The normalized spacial score (nSPS) is 10.6. The Morgan fingerprint density at radius 3 is 2.74 bits per heavy atom. The lowest BCUT2D eigenvalue weighted by atomic mass is 10.2. The number of ether oxygens (including phenoxy) is 1. The Morgan fingerprint density at radius 2 is 2.05 bits per heavy atom. The number of nitrogens with one attached hydrogen (secondary N) is 1. The molecule has 0 radical (unpaired) electrons. The highest BCUT2D eigenvalue weighted by Gasteiger charge is 2.04. The Kier molecular flexibility index (Phi) is 4.41.